The van der Waals surface area contributed by atoms with E-state index >= 15 is 0 Å². The van der Waals surface area contributed by atoms with E-state index in [1.807, 2.05) is 6.07 Å². The van der Waals surface area contributed by atoms with E-state index in [1.54, 1.807) is 24.9 Å². The maximum absolute atomic E-state index is 12.4. The third kappa shape index (κ3) is 3.06. The number of benzene rings is 1. The van der Waals surface area contributed by atoms with E-state index in [9.17, 15) is 8.42 Å². The number of hydrogen-bond donors (Lipinski definition) is 2. The van der Waals surface area contributed by atoms with Gasteiger partial charge >= 0.3 is 0 Å². The highest BCUT2D eigenvalue weighted by Gasteiger charge is 2.24. The zero-order valence-corrected chi connectivity index (χ0v) is 12.0. The number of nitrogens with zero attached hydrogens (tertiary/aromatic N) is 1. The molecule has 0 atom stereocenters. The second-order valence-corrected chi connectivity index (χ2v) is 6.23. The molecule has 0 radical (unpaired) electrons. The molecule has 0 bridgehead atoms. The summed E-state index contributed by atoms with van der Waals surface area (Å²) in [5.41, 5.74) is 7.62. The van der Waals surface area contributed by atoms with E-state index in [0.29, 0.717) is 37.6 Å². The smallest absolute Gasteiger partial charge is 0.255 e. The highest BCUT2D eigenvalue weighted by Crippen LogP contribution is 2.25. The van der Waals surface area contributed by atoms with Gasteiger partial charge in [-0.1, -0.05) is 12.1 Å². The minimum atomic E-state index is -3.65. The van der Waals surface area contributed by atoms with Crippen molar-refractivity contribution in [2.45, 2.75) is 18.7 Å². The van der Waals surface area contributed by atoms with Gasteiger partial charge in [0.1, 0.15) is 4.90 Å². The molecule has 1 aromatic rings. The van der Waals surface area contributed by atoms with Crippen LogP contribution in [0.3, 0.4) is 0 Å². The Hall–Kier alpha value is -1.15. The quantitative estimate of drug-likeness (QED) is 0.786. The molecular weight excluding hydrogens is 266 g/mol. The Morgan fingerprint density at radius 2 is 1.79 bits per heavy atom. The van der Waals surface area contributed by atoms with Crippen molar-refractivity contribution in [3.63, 3.8) is 0 Å². The number of ether oxygens (including phenoxy) is 1. The van der Waals surface area contributed by atoms with Crippen molar-refractivity contribution in [2.24, 2.45) is 0 Å². The van der Waals surface area contributed by atoms with Crippen molar-refractivity contribution in [3.05, 3.63) is 23.3 Å². The van der Waals surface area contributed by atoms with Crippen LogP contribution in [0.4, 0.5) is 5.69 Å². The van der Waals surface area contributed by atoms with E-state index in [0.717, 1.165) is 5.56 Å². The molecule has 6 nitrogen and oxygen atoms in total. The Balaban J connectivity index is 2.31. The van der Waals surface area contributed by atoms with Gasteiger partial charge < -0.3 is 10.5 Å². The molecule has 0 unspecified atom stereocenters. The van der Waals surface area contributed by atoms with Crippen molar-refractivity contribution in [3.8, 4) is 0 Å². The molecule has 0 spiro atoms. The lowest BCUT2D eigenvalue weighted by molar-refractivity contribution is 0.0272. The summed E-state index contributed by atoms with van der Waals surface area (Å²) in [6.07, 6.45) is 0. The van der Waals surface area contributed by atoms with Crippen molar-refractivity contribution in [2.75, 3.05) is 32.0 Å². The van der Waals surface area contributed by atoms with Gasteiger partial charge in [-0.05, 0) is 25.0 Å². The zero-order chi connectivity index (χ0) is 14.0. The van der Waals surface area contributed by atoms with Gasteiger partial charge in [-0.15, -0.1) is 4.83 Å². The van der Waals surface area contributed by atoms with Crippen molar-refractivity contribution < 1.29 is 13.2 Å². The molecular formula is C12H19N3O3S. The Bertz CT molecular complexity index is 566. The Morgan fingerprint density at radius 3 is 2.42 bits per heavy atom. The molecule has 1 saturated heterocycles. The number of morpholine rings is 1. The lowest BCUT2D eigenvalue weighted by Gasteiger charge is -2.27. The number of anilines is 1. The van der Waals surface area contributed by atoms with Gasteiger partial charge in [-0.3, -0.25) is 0 Å². The summed E-state index contributed by atoms with van der Waals surface area (Å²) in [4.78, 5) is 2.73. The predicted molar refractivity (Wildman–Crippen MR) is 73.0 cm³/mol. The monoisotopic (exact) mass is 285 g/mol. The minimum absolute atomic E-state index is 0.166. The van der Waals surface area contributed by atoms with E-state index in [4.69, 9.17) is 10.5 Å². The average molecular weight is 285 g/mol. The third-order valence-electron chi connectivity index (χ3n) is 3.14. The first kappa shape index (κ1) is 14.3. The van der Waals surface area contributed by atoms with Crippen LogP contribution in [0.15, 0.2) is 17.0 Å². The molecule has 106 valence electrons. The summed E-state index contributed by atoms with van der Waals surface area (Å²) in [5, 5.41) is 1.64. The number of nitrogens with one attached hydrogen (secondary N) is 1. The van der Waals surface area contributed by atoms with Gasteiger partial charge in [-0.25, -0.2) is 13.4 Å². The molecule has 0 aromatic heterocycles. The number of aryl methyl sites for hydroxylation is 2. The largest absolute Gasteiger partial charge is 0.397 e. The van der Waals surface area contributed by atoms with Crippen LogP contribution in [-0.4, -0.2) is 39.7 Å². The normalized spacial score (nSPS) is 17.6. The molecule has 1 aromatic carbocycles. The number of nitrogens with two attached hydrogens (primary N) is 1. The summed E-state index contributed by atoms with van der Waals surface area (Å²) in [5.74, 6) is 0. The van der Waals surface area contributed by atoms with Crippen LogP contribution < -0.4 is 10.6 Å². The van der Waals surface area contributed by atoms with Gasteiger partial charge in [-0.2, -0.15) is 0 Å². The topological polar surface area (TPSA) is 84.7 Å². The van der Waals surface area contributed by atoms with Crippen LogP contribution in [0.25, 0.3) is 0 Å². The Kier molecular flexibility index (Phi) is 4.10. The number of hydrazine groups is 1. The van der Waals surface area contributed by atoms with Gasteiger partial charge in [0.25, 0.3) is 10.0 Å². The lowest BCUT2D eigenvalue weighted by atomic mass is 10.1. The van der Waals surface area contributed by atoms with Crippen LogP contribution in [-0.2, 0) is 14.8 Å². The molecule has 1 heterocycles. The van der Waals surface area contributed by atoms with Crippen molar-refractivity contribution in [1.82, 2.24) is 9.84 Å². The van der Waals surface area contributed by atoms with E-state index < -0.39 is 10.0 Å². The van der Waals surface area contributed by atoms with Crippen molar-refractivity contribution in [1.29, 1.82) is 0 Å². The van der Waals surface area contributed by atoms with Crippen LogP contribution in [0.5, 0.6) is 0 Å². The Labute approximate surface area is 113 Å². The first-order valence-electron chi connectivity index (χ1n) is 6.12. The summed E-state index contributed by atoms with van der Waals surface area (Å²) in [6.45, 7) is 5.63. The fourth-order valence-corrected chi connectivity index (χ4v) is 3.59. The van der Waals surface area contributed by atoms with Crippen LogP contribution in [0.2, 0.25) is 0 Å². The first-order chi connectivity index (χ1) is 8.92. The fourth-order valence-electron chi connectivity index (χ4n) is 2.03. The van der Waals surface area contributed by atoms with Gasteiger partial charge in [0.15, 0.2) is 0 Å². The molecule has 1 fully saturated rings. The maximum atomic E-state index is 12.4. The number of rotatable bonds is 3. The van der Waals surface area contributed by atoms with E-state index in [-0.39, 0.29) is 4.90 Å². The third-order valence-corrected chi connectivity index (χ3v) is 4.72. The molecule has 0 amide bonds. The second-order valence-electron chi connectivity index (χ2n) is 4.64. The number of nitrogen functional groups attached to an aromatic ring is 1. The number of hydrogen-bond acceptors (Lipinski definition) is 5. The van der Waals surface area contributed by atoms with Gasteiger partial charge in [0.2, 0.25) is 0 Å². The summed E-state index contributed by atoms with van der Waals surface area (Å²) in [7, 11) is -3.65. The highest BCUT2D eigenvalue weighted by molar-refractivity contribution is 7.89. The molecule has 0 aliphatic carbocycles. The zero-order valence-electron chi connectivity index (χ0n) is 11.1. The van der Waals surface area contributed by atoms with Crippen LogP contribution in [0, 0.1) is 13.8 Å². The fraction of sp³-hybridized carbons (Fsp3) is 0.500. The molecule has 2 rings (SSSR count). The standard InChI is InChI=1S/C12H19N3O3S/c1-9-3-4-10(2)12(11(9)13)19(16,17)14-15-5-7-18-8-6-15/h3-4,14H,5-8,13H2,1-2H3. The SMILES string of the molecule is Cc1ccc(C)c(S(=O)(=O)NN2CCOCC2)c1N. The highest BCUT2D eigenvalue weighted by atomic mass is 32.2. The lowest BCUT2D eigenvalue weighted by Crippen LogP contribution is -2.48. The molecule has 3 N–H and O–H groups in total. The predicted octanol–water partition coefficient (Wildman–Crippen LogP) is 0.411. The molecule has 1 aliphatic rings. The second kappa shape index (κ2) is 5.46. The summed E-state index contributed by atoms with van der Waals surface area (Å²) in [6, 6.07) is 3.58. The van der Waals surface area contributed by atoms with Gasteiger partial charge in [0, 0.05) is 13.1 Å². The Morgan fingerprint density at radius 1 is 1.21 bits per heavy atom. The molecule has 7 heteroatoms. The van der Waals surface area contributed by atoms with Gasteiger partial charge in [0.05, 0.1) is 18.9 Å². The van der Waals surface area contributed by atoms with Crippen LogP contribution in [0.1, 0.15) is 11.1 Å². The summed E-state index contributed by atoms with van der Waals surface area (Å²) < 4.78 is 30.0. The van der Waals surface area contributed by atoms with Crippen molar-refractivity contribution >= 4 is 15.7 Å². The summed E-state index contributed by atoms with van der Waals surface area (Å²) >= 11 is 0. The first-order valence-corrected chi connectivity index (χ1v) is 7.61. The molecule has 0 saturated carbocycles. The van der Waals surface area contributed by atoms with E-state index in [2.05, 4.69) is 4.83 Å². The molecule has 19 heavy (non-hydrogen) atoms. The molecule has 1 aliphatic heterocycles. The average Bonchev–Trinajstić information content (AvgIpc) is 2.35. The maximum Gasteiger partial charge on any atom is 0.255 e. The minimum Gasteiger partial charge on any atom is -0.397 e. The van der Waals surface area contributed by atoms with E-state index in [1.165, 1.54) is 0 Å². The number of sulfonamides is 1. The van der Waals surface area contributed by atoms with Crippen LogP contribution >= 0.6 is 0 Å².